The number of hydrogen-bond donors (Lipinski definition) is 4. The fraction of sp³-hybridized carbons (Fsp3) is 0.242. The van der Waals surface area contributed by atoms with Crippen molar-refractivity contribution in [2.24, 2.45) is 5.92 Å². The van der Waals surface area contributed by atoms with Crippen LogP contribution in [0.15, 0.2) is 95.9 Å². The molecule has 0 saturated heterocycles. The van der Waals surface area contributed by atoms with Crippen LogP contribution in [0.4, 0.5) is 17.1 Å². The van der Waals surface area contributed by atoms with Gasteiger partial charge in [0.2, 0.25) is 0 Å². The Balaban J connectivity index is 1.43. The molecule has 0 bridgehead atoms. The normalized spacial score (nSPS) is 11.1. The lowest BCUT2D eigenvalue weighted by Crippen LogP contribution is -2.29. The monoisotopic (exact) mass is 602 g/mol. The molecule has 4 N–H and O–H groups in total. The van der Waals surface area contributed by atoms with Crippen molar-refractivity contribution in [1.82, 2.24) is 5.32 Å². The van der Waals surface area contributed by atoms with Gasteiger partial charge in [-0.15, -0.1) is 0 Å². The number of rotatable bonds is 14. The van der Waals surface area contributed by atoms with E-state index in [1.54, 1.807) is 54.6 Å². The summed E-state index contributed by atoms with van der Waals surface area (Å²) < 4.78 is 40.5. The lowest BCUT2D eigenvalue weighted by molar-refractivity contribution is 0.0952. The summed E-state index contributed by atoms with van der Waals surface area (Å²) in [6.45, 7) is 5.89. The molecule has 0 saturated carbocycles. The van der Waals surface area contributed by atoms with E-state index in [4.69, 9.17) is 9.47 Å². The van der Waals surface area contributed by atoms with E-state index >= 15 is 0 Å². The van der Waals surface area contributed by atoms with Crippen molar-refractivity contribution in [3.05, 3.63) is 96.6 Å². The van der Waals surface area contributed by atoms with E-state index in [2.05, 4.69) is 34.5 Å². The number of carbonyl (C=O) groups is 1. The molecule has 0 aliphatic heterocycles. The highest BCUT2D eigenvalue weighted by Crippen LogP contribution is 2.32. The maximum absolute atomic E-state index is 13.6. The first kappa shape index (κ1) is 31.2. The Morgan fingerprint density at radius 2 is 1.40 bits per heavy atom. The van der Waals surface area contributed by atoms with Crippen LogP contribution >= 0.6 is 0 Å². The predicted octanol–water partition coefficient (Wildman–Crippen LogP) is 6.08. The zero-order chi connectivity index (χ0) is 30.8. The van der Waals surface area contributed by atoms with Gasteiger partial charge in [-0.1, -0.05) is 50.2 Å². The van der Waals surface area contributed by atoms with Gasteiger partial charge in [0.05, 0.1) is 25.5 Å². The van der Waals surface area contributed by atoms with Crippen molar-refractivity contribution in [3.8, 4) is 22.6 Å². The maximum atomic E-state index is 13.6. The van der Waals surface area contributed by atoms with Crippen molar-refractivity contribution < 1.29 is 22.7 Å². The number of hydrogen-bond acceptors (Lipinski definition) is 7. The van der Waals surface area contributed by atoms with E-state index in [9.17, 15) is 13.2 Å². The summed E-state index contributed by atoms with van der Waals surface area (Å²) in [5, 5.41) is 9.47. The molecule has 0 heterocycles. The molecule has 0 atom stereocenters. The summed E-state index contributed by atoms with van der Waals surface area (Å²) in [5.74, 6) is 0.995. The van der Waals surface area contributed by atoms with E-state index in [0.29, 0.717) is 41.7 Å². The molecule has 4 aromatic carbocycles. The van der Waals surface area contributed by atoms with Gasteiger partial charge in [0, 0.05) is 31.0 Å². The number of para-hydroxylation sites is 1. The second-order valence-corrected chi connectivity index (χ2v) is 11.9. The molecular formula is C33H38N4O5S. The third-order valence-electron chi connectivity index (χ3n) is 6.57. The second kappa shape index (κ2) is 14.5. The standard InChI is InChI=1S/C33H38N4O5S/c1-23(2)22-36-26-10-7-9-24(19-26)25-15-16-31(42-4)32(20-25)43(39,40)37-28-12-8-11-27(21-28)34-17-18-35-33(38)29-13-5-6-14-30(29)41-3/h5-16,19-21,23,34,36-37H,17-18,22H2,1-4H3,(H,35,38). The lowest BCUT2D eigenvalue weighted by atomic mass is 10.0. The molecule has 0 aromatic heterocycles. The van der Waals surface area contributed by atoms with E-state index in [-0.39, 0.29) is 16.6 Å². The maximum Gasteiger partial charge on any atom is 0.265 e. The minimum atomic E-state index is -4.00. The van der Waals surface area contributed by atoms with Gasteiger partial charge in [-0.05, 0) is 71.6 Å². The van der Waals surface area contributed by atoms with Crippen LogP contribution < -0.4 is 30.1 Å². The Morgan fingerprint density at radius 3 is 2.14 bits per heavy atom. The molecule has 43 heavy (non-hydrogen) atoms. The molecule has 0 fully saturated rings. The number of sulfonamides is 1. The number of amides is 1. The highest BCUT2D eigenvalue weighted by Gasteiger charge is 2.21. The van der Waals surface area contributed by atoms with Crippen molar-refractivity contribution in [2.45, 2.75) is 18.7 Å². The van der Waals surface area contributed by atoms with Gasteiger partial charge in [0.1, 0.15) is 16.4 Å². The van der Waals surface area contributed by atoms with Crippen LogP contribution in [-0.2, 0) is 10.0 Å². The summed E-state index contributed by atoms with van der Waals surface area (Å²) >= 11 is 0. The molecule has 4 rings (SSSR count). The highest BCUT2D eigenvalue weighted by atomic mass is 32.2. The van der Waals surface area contributed by atoms with Crippen molar-refractivity contribution >= 4 is 33.0 Å². The number of ether oxygens (including phenoxy) is 2. The first-order valence-electron chi connectivity index (χ1n) is 14.0. The SMILES string of the molecule is COc1ccccc1C(=O)NCCNc1cccc(NS(=O)(=O)c2cc(-c3cccc(NCC(C)C)c3)ccc2OC)c1. The number of benzene rings is 4. The van der Waals surface area contributed by atoms with Crippen LogP contribution in [-0.4, -0.2) is 48.2 Å². The molecule has 226 valence electrons. The number of carbonyl (C=O) groups excluding carboxylic acids is 1. The van der Waals surface area contributed by atoms with Gasteiger partial charge >= 0.3 is 0 Å². The summed E-state index contributed by atoms with van der Waals surface area (Å²) in [4.78, 5) is 12.5. The molecule has 0 aliphatic rings. The Labute approximate surface area is 253 Å². The number of anilines is 3. The molecule has 10 heteroatoms. The van der Waals surface area contributed by atoms with Gasteiger partial charge in [-0.25, -0.2) is 8.42 Å². The minimum Gasteiger partial charge on any atom is -0.496 e. The van der Waals surface area contributed by atoms with Crippen LogP contribution in [0.2, 0.25) is 0 Å². The Morgan fingerprint density at radius 1 is 0.721 bits per heavy atom. The van der Waals surface area contributed by atoms with Crippen LogP contribution in [0.3, 0.4) is 0 Å². The quantitative estimate of drug-likeness (QED) is 0.129. The molecule has 0 spiro atoms. The molecule has 0 aliphatic carbocycles. The number of nitrogens with one attached hydrogen (secondary N) is 4. The third kappa shape index (κ3) is 8.42. The van der Waals surface area contributed by atoms with Crippen LogP contribution in [0.1, 0.15) is 24.2 Å². The third-order valence-corrected chi connectivity index (χ3v) is 7.97. The Hall–Kier alpha value is -4.70. The Bertz CT molecular complexity index is 1660. The first-order valence-corrected chi connectivity index (χ1v) is 15.5. The zero-order valence-electron chi connectivity index (χ0n) is 24.8. The second-order valence-electron chi connectivity index (χ2n) is 10.3. The molecule has 9 nitrogen and oxygen atoms in total. The molecular weight excluding hydrogens is 564 g/mol. The van der Waals surface area contributed by atoms with Gasteiger partial charge < -0.3 is 25.4 Å². The average molecular weight is 603 g/mol. The summed E-state index contributed by atoms with van der Waals surface area (Å²) in [7, 11) is -1.03. The highest BCUT2D eigenvalue weighted by molar-refractivity contribution is 7.92. The lowest BCUT2D eigenvalue weighted by Gasteiger charge is -2.15. The van der Waals surface area contributed by atoms with Gasteiger partial charge in [0.15, 0.2) is 0 Å². The molecule has 1 amide bonds. The van der Waals surface area contributed by atoms with Crippen molar-refractivity contribution in [2.75, 3.05) is 49.2 Å². The summed E-state index contributed by atoms with van der Waals surface area (Å²) in [5.41, 5.74) is 4.13. The number of methoxy groups -OCH3 is 2. The van der Waals surface area contributed by atoms with E-state index in [1.807, 2.05) is 36.4 Å². The van der Waals surface area contributed by atoms with Gasteiger partial charge in [-0.2, -0.15) is 0 Å². The smallest absolute Gasteiger partial charge is 0.265 e. The Kier molecular flexibility index (Phi) is 10.5. The van der Waals surface area contributed by atoms with Gasteiger partial charge in [0.25, 0.3) is 15.9 Å². The van der Waals surface area contributed by atoms with Crippen LogP contribution in [0.5, 0.6) is 11.5 Å². The average Bonchev–Trinajstić information content (AvgIpc) is 3.01. The van der Waals surface area contributed by atoms with E-state index in [0.717, 1.165) is 23.4 Å². The predicted molar refractivity (Wildman–Crippen MR) is 173 cm³/mol. The van der Waals surface area contributed by atoms with Gasteiger partial charge in [-0.3, -0.25) is 9.52 Å². The van der Waals surface area contributed by atoms with Crippen LogP contribution in [0, 0.1) is 5.92 Å². The minimum absolute atomic E-state index is 0.0328. The first-order chi connectivity index (χ1) is 20.7. The van der Waals surface area contributed by atoms with E-state index in [1.165, 1.54) is 14.2 Å². The fourth-order valence-electron chi connectivity index (χ4n) is 4.41. The fourth-order valence-corrected chi connectivity index (χ4v) is 5.66. The largest absolute Gasteiger partial charge is 0.496 e. The summed E-state index contributed by atoms with van der Waals surface area (Å²) in [6, 6.07) is 26.9. The molecule has 0 unspecified atom stereocenters. The van der Waals surface area contributed by atoms with Crippen LogP contribution in [0.25, 0.3) is 11.1 Å². The molecule has 4 aromatic rings. The summed E-state index contributed by atoms with van der Waals surface area (Å²) in [6.07, 6.45) is 0. The zero-order valence-corrected chi connectivity index (χ0v) is 25.6. The molecule has 0 radical (unpaired) electrons. The van der Waals surface area contributed by atoms with E-state index < -0.39 is 10.0 Å². The van der Waals surface area contributed by atoms with Crippen molar-refractivity contribution in [1.29, 1.82) is 0 Å². The topological polar surface area (TPSA) is 118 Å². The van der Waals surface area contributed by atoms with Crippen molar-refractivity contribution in [3.63, 3.8) is 0 Å².